The van der Waals surface area contributed by atoms with Gasteiger partial charge in [0, 0.05) is 10.9 Å². The van der Waals surface area contributed by atoms with Crippen molar-refractivity contribution in [2.75, 3.05) is 10.7 Å². The van der Waals surface area contributed by atoms with Crippen molar-refractivity contribution in [2.24, 2.45) is 11.8 Å². The summed E-state index contributed by atoms with van der Waals surface area (Å²) in [6, 6.07) is 2.45. The number of nitrogen functional groups attached to an aromatic ring is 1. The summed E-state index contributed by atoms with van der Waals surface area (Å²) >= 11 is 1.64. The Bertz CT molecular complexity index is 549. The first kappa shape index (κ1) is 13.0. The highest BCUT2D eigenvalue weighted by atomic mass is 32.1. The fourth-order valence-electron chi connectivity index (χ4n) is 1.60. The minimum atomic E-state index is 0.342. The van der Waals surface area contributed by atoms with Crippen molar-refractivity contribution in [3.8, 4) is 0 Å². The lowest BCUT2D eigenvalue weighted by atomic mass is 10.1. The van der Waals surface area contributed by atoms with E-state index in [0.717, 1.165) is 16.0 Å². The number of nitrogens with two attached hydrogens (primary N) is 1. The van der Waals surface area contributed by atoms with Gasteiger partial charge in [-0.25, -0.2) is 10.8 Å². The van der Waals surface area contributed by atoms with E-state index in [1.54, 1.807) is 11.3 Å². The minimum Gasteiger partial charge on any atom is -0.367 e. The van der Waals surface area contributed by atoms with Gasteiger partial charge >= 0.3 is 0 Å². The molecular weight excluding hydrogens is 246 g/mol. The van der Waals surface area contributed by atoms with Crippen LogP contribution in [0.15, 0.2) is 6.07 Å². The van der Waals surface area contributed by atoms with Gasteiger partial charge in [-0.3, -0.25) is 5.43 Å². The van der Waals surface area contributed by atoms with Gasteiger partial charge in [0.05, 0.1) is 5.39 Å². The van der Waals surface area contributed by atoms with Crippen LogP contribution in [0, 0.1) is 12.8 Å². The summed E-state index contributed by atoms with van der Waals surface area (Å²) in [7, 11) is 0. The second kappa shape index (κ2) is 5.07. The largest absolute Gasteiger partial charge is 0.367 e. The Morgan fingerprint density at radius 2 is 2.00 bits per heavy atom. The van der Waals surface area contributed by atoms with Crippen LogP contribution in [-0.4, -0.2) is 16.0 Å². The highest BCUT2D eigenvalue weighted by Crippen LogP contribution is 2.30. The SMILES string of the molecule is Cc1cc2c(NC(C)C(C)C)nc(NN)nc2s1. The summed E-state index contributed by atoms with van der Waals surface area (Å²) in [6.07, 6.45) is 0. The second-order valence-electron chi connectivity index (χ2n) is 4.79. The molecule has 0 aliphatic heterocycles. The van der Waals surface area contributed by atoms with Crippen LogP contribution < -0.4 is 16.6 Å². The van der Waals surface area contributed by atoms with Crippen molar-refractivity contribution in [2.45, 2.75) is 33.7 Å². The van der Waals surface area contributed by atoms with Crippen molar-refractivity contribution in [1.29, 1.82) is 0 Å². The zero-order chi connectivity index (χ0) is 13.3. The van der Waals surface area contributed by atoms with E-state index in [0.29, 0.717) is 17.9 Å². The molecule has 6 heteroatoms. The number of hydrogen-bond donors (Lipinski definition) is 3. The van der Waals surface area contributed by atoms with Crippen LogP contribution in [-0.2, 0) is 0 Å². The smallest absolute Gasteiger partial charge is 0.240 e. The Hall–Kier alpha value is -1.40. The molecule has 2 heterocycles. The van der Waals surface area contributed by atoms with Crippen molar-refractivity contribution >= 4 is 33.3 Å². The zero-order valence-corrected chi connectivity index (χ0v) is 11.9. The molecule has 18 heavy (non-hydrogen) atoms. The number of rotatable bonds is 4. The molecule has 4 N–H and O–H groups in total. The molecule has 0 saturated heterocycles. The minimum absolute atomic E-state index is 0.342. The summed E-state index contributed by atoms with van der Waals surface area (Å²) in [6.45, 7) is 8.57. The predicted octanol–water partition coefficient (Wildman–Crippen LogP) is 2.74. The molecule has 0 amide bonds. The third-order valence-electron chi connectivity index (χ3n) is 3.01. The highest BCUT2D eigenvalue weighted by Gasteiger charge is 2.13. The van der Waals surface area contributed by atoms with Crippen LogP contribution in [0.25, 0.3) is 10.2 Å². The van der Waals surface area contributed by atoms with Crippen LogP contribution in [0.2, 0.25) is 0 Å². The maximum Gasteiger partial charge on any atom is 0.240 e. The molecule has 0 aromatic carbocycles. The first-order valence-corrected chi connectivity index (χ1v) is 6.84. The Balaban J connectivity index is 2.46. The molecule has 1 unspecified atom stereocenters. The number of fused-ring (bicyclic) bond motifs is 1. The first-order valence-electron chi connectivity index (χ1n) is 6.02. The maximum atomic E-state index is 5.41. The summed E-state index contributed by atoms with van der Waals surface area (Å²) in [5.74, 6) is 7.23. The third kappa shape index (κ3) is 2.54. The van der Waals surface area contributed by atoms with Gasteiger partial charge in [0.15, 0.2) is 0 Å². The lowest BCUT2D eigenvalue weighted by molar-refractivity contribution is 0.559. The topological polar surface area (TPSA) is 75.9 Å². The van der Waals surface area contributed by atoms with Crippen molar-refractivity contribution < 1.29 is 0 Å². The molecule has 2 aromatic rings. The van der Waals surface area contributed by atoms with E-state index in [9.17, 15) is 0 Å². The number of aromatic nitrogens is 2. The second-order valence-corrected chi connectivity index (χ2v) is 6.03. The van der Waals surface area contributed by atoms with Crippen molar-refractivity contribution in [1.82, 2.24) is 9.97 Å². The van der Waals surface area contributed by atoms with E-state index < -0.39 is 0 Å². The molecule has 0 bridgehead atoms. The Morgan fingerprint density at radius 1 is 1.28 bits per heavy atom. The predicted molar refractivity (Wildman–Crippen MR) is 77.9 cm³/mol. The molecule has 0 radical (unpaired) electrons. The van der Waals surface area contributed by atoms with Gasteiger partial charge in [0.2, 0.25) is 5.95 Å². The molecule has 0 fully saturated rings. The van der Waals surface area contributed by atoms with Crippen LogP contribution in [0.5, 0.6) is 0 Å². The Labute approximate surface area is 111 Å². The molecule has 1 atom stereocenters. The number of nitrogens with zero attached hydrogens (tertiary/aromatic N) is 2. The number of nitrogens with one attached hydrogen (secondary N) is 2. The normalized spacial score (nSPS) is 13.0. The van der Waals surface area contributed by atoms with Crippen molar-refractivity contribution in [3.05, 3.63) is 10.9 Å². The lowest BCUT2D eigenvalue weighted by Gasteiger charge is -2.18. The quantitative estimate of drug-likeness (QED) is 0.585. The van der Waals surface area contributed by atoms with Gasteiger partial charge < -0.3 is 5.32 Å². The van der Waals surface area contributed by atoms with Crippen LogP contribution in [0.4, 0.5) is 11.8 Å². The van der Waals surface area contributed by atoms with Crippen LogP contribution >= 0.6 is 11.3 Å². The third-order valence-corrected chi connectivity index (χ3v) is 3.95. The van der Waals surface area contributed by atoms with Gasteiger partial charge in [0.1, 0.15) is 10.6 Å². The van der Waals surface area contributed by atoms with E-state index in [2.05, 4.69) is 54.5 Å². The van der Waals surface area contributed by atoms with Crippen LogP contribution in [0.3, 0.4) is 0 Å². The molecule has 0 aliphatic carbocycles. The molecule has 98 valence electrons. The Morgan fingerprint density at radius 3 is 2.61 bits per heavy atom. The van der Waals surface area contributed by atoms with Crippen molar-refractivity contribution in [3.63, 3.8) is 0 Å². The summed E-state index contributed by atoms with van der Waals surface area (Å²) in [4.78, 5) is 10.9. The molecule has 0 saturated carbocycles. The monoisotopic (exact) mass is 265 g/mol. The zero-order valence-electron chi connectivity index (χ0n) is 11.1. The number of thiophene rings is 1. The first-order chi connectivity index (χ1) is 8.51. The average Bonchev–Trinajstić information content (AvgIpc) is 2.69. The van der Waals surface area contributed by atoms with E-state index in [-0.39, 0.29) is 0 Å². The van der Waals surface area contributed by atoms with Gasteiger partial charge in [-0.1, -0.05) is 13.8 Å². The standard InChI is InChI=1S/C12H19N5S/c1-6(2)8(4)14-10-9-5-7(3)18-11(9)16-12(15-10)17-13/h5-6,8H,13H2,1-4H3,(H2,14,15,16,17). The average molecular weight is 265 g/mol. The number of anilines is 2. The molecule has 2 aromatic heterocycles. The molecule has 0 aliphatic rings. The van der Waals surface area contributed by atoms with Gasteiger partial charge in [-0.15, -0.1) is 11.3 Å². The summed E-state index contributed by atoms with van der Waals surface area (Å²) < 4.78 is 0. The maximum absolute atomic E-state index is 5.41. The highest BCUT2D eigenvalue weighted by molar-refractivity contribution is 7.18. The van der Waals surface area contributed by atoms with E-state index in [4.69, 9.17) is 5.84 Å². The number of hydrogen-bond acceptors (Lipinski definition) is 6. The fourth-order valence-corrected chi connectivity index (χ4v) is 2.48. The van der Waals surface area contributed by atoms with Gasteiger partial charge in [-0.2, -0.15) is 4.98 Å². The summed E-state index contributed by atoms with van der Waals surface area (Å²) in [5, 5.41) is 4.49. The molecule has 0 spiro atoms. The molecule has 5 nitrogen and oxygen atoms in total. The summed E-state index contributed by atoms with van der Waals surface area (Å²) in [5.41, 5.74) is 2.52. The number of aryl methyl sites for hydroxylation is 1. The van der Waals surface area contributed by atoms with E-state index in [1.165, 1.54) is 4.88 Å². The van der Waals surface area contributed by atoms with Crippen LogP contribution in [0.1, 0.15) is 25.6 Å². The van der Waals surface area contributed by atoms with Gasteiger partial charge in [0.25, 0.3) is 0 Å². The Kier molecular flexibility index (Phi) is 3.68. The van der Waals surface area contributed by atoms with Gasteiger partial charge in [-0.05, 0) is 25.8 Å². The molecular formula is C12H19N5S. The van der Waals surface area contributed by atoms with E-state index in [1.807, 2.05) is 0 Å². The number of hydrazine groups is 1. The van der Waals surface area contributed by atoms with E-state index >= 15 is 0 Å². The molecule has 2 rings (SSSR count). The lowest BCUT2D eigenvalue weighted by Crippen LogP contribution is -2.23. The fraction of sp³-hybridized carbons (Fsp3) is 0.500.